The topological polar surface area (TPSA) is 84.9 Å². The monoisotopic (exact) mass is 446 g/mol. The highest BCUT2D eigenvalue weighted by Gasteiger charge is 2.28. The highest BCUT2D eigenvalue weighted by Crippen LogP contribution is 2.26. The molecular weight excluding hydrogens is 416 g/mol. The fourth-order valence-corrected chi connectivity index (χ4v) is 5.09. The Labute approximate surface area is 184 Å². The van der Waals surface area contributed by atoms with Crippen molar-refractivity contribution in [1.82, 2.24) is 9.62 Å². The van der Waals surface area contributed by atoms with Crippen molar-refractivity contribution in [3.8, 4) is 11.5 Å². The van der Waals surface area contributed by atoms with Crippen LogP contribution in [-0.2, 0) is 14.8 Å². The van der Waals surface area contributed by atoms with Gasteiger partial charge in [0.2, 0.25) is 10.0 Å². The normalized spacial score (nSPS) is 16.5. The summed E-state index contributed by atoms with van der Waals surface area (Å²) < 4.78 is 38.0. The number of amides is 1. The van der Waals surface area contributed by atoms with Gasteiger partial charge in [-0.2, -0.15) is 4.31 Å². The highest BCUT2D eigenvalue weighted by atomic mass is 32.2. The van der Waals surface area contributed by atoms with Crippen molar-refractivity contribution >= 4 is 15.9 Å². The Morgan fingerprint density at radius 3 is 2.42 bits per heavy atom. The number of methoxy groups -OCH3 is 1. The second-order valence-electron chi connectivity index (χ2n) is 7.88. The molecule has 1 aliphatic rings. The van der Waals surface area contributed by atoms with E-state index in [1.807, 2.05) is 31.2 Å². The minimum Gasteiger partial charge on any atom is -0.496 e. The summed E-state index contributed by atoms with van der Waals surface area (Å²) in [5.74, 6) is 1.42. The zero-order valence-corrected chi connectivity index (χ0v) is 19.0. The third kappa shape index (κ3) is 5.77. The van der Waals surface area contributed by atoms with E-state index in [9.17, 15) is 13.2 Å². The first-order chi connectivity index (χ1) is 14.8. The van der Waals surface area contributed by atoms with Crippen LogP contribution in [0, 0.1) is 5.92 Å². The maximum atomic E-state index is 12.8. The number of hydrogen-bond donors (Lipinski definition) is 1. The van der Waals surface area contributed by atoms with Crippen LogP contribution in [0.4, 0.5) is 0 Å². The van der Waals surface area contributed by atoms with E-state index in [4.69, 9.17) is 9.47 Å². The van der Waals surface area contributed by atoms with Crippen molar-refractivity contribution in [2.24, 2.45) is 5.92 Å². The van der Waals surface area contributed by atoms with E-state index in [-0.39, 0.29) is 23.5 Å². The quantitative estimate of drug-likeness (QED) is 0.672. The molecule has 1 heterocycles. The molecule has 0 unspecified atom stereocenters. The van der Waals surface area contributed by atoms with Crippen LogP contribution in [-0.4, -0.2) is 45.4 Å². The fraction of sp³-hybridized carbons (Fsp3) is 0.435. The summed E-state index contributed by atoms with van der Waals surface area (Å²) in [4.78, 5) is 12.5. The maximum Gasteiger partial charge on any atom is 0.258 e. The third-order valence-corrected chi connectivity index (χ3v) is 7.47. The van der Waals surface area contributed by atoms with Crippen molar-refractivity contribution in [2.45, 2.75) is 37.6 Å². The summed E-state index contributed by atoms with van der Waals surface area (Å²) in [7, 11) is -1.91. The fourth-order valence-electron chi connectivity index (χ4n) is 3.62. The van der Waals surface area contributed by atoms with Crippen LogP contribution in [0.15, 0.2) is 53.4 Å². The summed E-state index contributed by atoms with van der Waals surface area (Å²) in [5.41, 5.74) is 0.875. The lowest BCUT2D eigenvalue weighted by molar-refractivity contribution is -0.123. The highest BCUT2D eigenvalue weighted by molar-refractivity contribution is 7.89. The second kappa shape index (κ2) is 10.2. The zero-order valence-electron chi connectivity index (χ0n) is 18.2. The SMILES string of the molecule is COc1ccccc1[C@@H](C)NC(=O)COc1ccc(S(=O)(=O)N2CCC(C)CC2)cc1. The van der Waals surface area contributed by atoms with E-state index in [1.165, 1.54) is 16.4 Å². The molecule has 2 aromatic carbocycles. The Balaban J connectivity index is 1.54. The van der Waals surface area contributed by atoms with Crippen LogP contribution >= 0.6 is 0 Å². The number of nitrogens with zero attached hydrogens (tertiary/aromatic N) is 1. The van der Waals surface area contributed by atoms with E-state index in [1.54, 1.807) is 19.2 Å². The van der Waals surface area contributed by atoms with E-state index in [0.29, 0.717) is 30.5 Å². The molecule has 7 nitrogen and oxygen atoms in total. The molecule has 1 N–H and O–H groups in total. The lowest BCUT2D eigenvalue weighted by Gasteiger charge is -2.29. The Hall–Kier alpha value is -2.58. The van der Waals surface area contributed by atoms with Crippen molar-refractivity contribution in [2.75, 3.05) is 26.8 Å². The summed E-state index contributed by atoms with van der Waals surface area (Å²) in [5, 5.41) is 2.88. The number of hydrogen-bond acceptors (Lipinski definition) is 5. The zero-order chi connectivity index (χ0) is 22.4. The van der Waals surface area contributed by atoms with Crippen LogP contribution < -0.4 is 14.8 Å². The Morgan fingerprint density at radius 2 is 1.77 bits per heavy atom. The minimum atomic E-state index is -3.50. The van der Waals surface area contributed by atoms with Gasteiger partial charge in [-0.1, -0.05) is 25.1 Å². The first-order valence-corrected chi connectivity index (χ1v) is 11.9. The molecule has 168 valence electrons. The first kappa shape index (κ1) is 23.1. The summed E-state index contributed by atoms with van der Waals surface area (Å²) in [6.07, 6.45) is 1.76. The number of nitrogens with one attached hydrogen (secondary N) is 1. The molecule has 8 heteroatoms. The lowest BCUT2D eigenvalue weighted by atomic mass is 10.0. The van der Waals surface area contributed by atoms with Gasteiger partial charge < -0.3 is 14.8 Å². The Kier molecular flexibility index (Phi) is 7.56. The molecule has 31 heavy (non-hydrogen) atoms. The van der Waals surface area contributed by atoms with E-state index >= 15 is 0 Å². The molecule has 1 amide bonds. The number of sulfonamides is 1. The van der Waals surface area contributed by atoms with Gasteiger partial charge in [0, 0.05) is 18.7 Å². The maximum absolute atomic E-state index is 12.8. The van der Waals surface area contributed by atoms with Crippen molar-refractivity contribution < 1.29 is 22.7 Å². The minimum absolute atomic E-state index is 0.171. The first-order valence-electron chi connectivity index (χ1n) is 10.5. The standard InChI is InChI=1S/C23H30N2O5S/c1-17-12-14-25(15-13-17)31(27,28)20-10-8-19(9-11-20)30-16-23(26)24-18(2)21-6-4-5-7-22(21)29-3/h4-11,17-18H,12-16H2,1-3H3,(H,24,26)/t18-/m1/s1. The Morgan fingerprint density at radius 1 is 1.13 bits per heavy atom. The molecule has 0 saturated carbocycles. The lowest BCUT2D eigenvalue weighted by Crippen LogP contribution is -2.37. The number of carbonyl (C=O) groups is 1. The van der Waals surface area contributed by atoms with Gasteiger partial charge in [-0.25, -0.2) is 8.42 Å². The van der Waals surface area contributed by atoms with Crippen molar-refractivity contribution in [1.29, 1.82) is 0 Å². The van der Waals surface area contributed by atoms with Gasteiger partial charge in [-0.15, -0.1) is 0 Å². The number of benzene rings is 2. The number of rotatable bonds is 8. The molecule has 0 radical (unpaired) electrons. The van der Waals surface area contributed by atoms with E-state index in [0.717, 1.165) is 18.4 Å². The molecule has 0 aromatic heterocycles. The molecule has 0 bridgehead atoms. The molecule has 0 spiro atoms. The summed E-state index contributed by atoms with van der Waals surface area (Å²) in [6, 6.07) is 13.5. The van der Waals surface area contributed by atoms with Gasteiger partial charge in [0.15, 0.2) is 6.61 Å². The smallest absolute Gasteiger partial charge is 0.258 e. The van der Waals surface area contributed by atoms with Crippen LogP contribution in [0.25, 0.3) is 0 Å². The van der Waals surface area contributed by atoms with Gasteiger partial charge in [0.25, 0.3) is 5.91 Å². The number of para-hydroxylation sites is 1. The molecule has 3 rings (SSSR count). The number of carbonyl (C=O) groups excluding carboxylic acids is 1. The predicted octanol–water partition coefficient (Wildman–Crippen LogP) is 3.37. The average molecular weight is 447 g/mol. The largest absolute Gasteiger partial charge is 0.496 e. The van der Waals surface area contributed by atoms with Gasteiger partial charge in [0.05, 0.1) is 18.0 Å². The van der Waals surface area contributed by atoms with Gasteiger partial charge in [-0.05, 0) is 56.0 Å². The molecule has 2 aromatic rings. The molecule has 1 fully saturated rings. The van der Waals surface area contributed by atoms with Gasteiger partial charge in [-0.3, -0.25) is 4.79 Å². The summed E-state index contributed by atoms with van der Waals surface area (Å²) in [6.45, 7) is 4.94. The molecule has 1 atom stereocenters. The van der Waals surface area contributed by atoms with Crippen molar-refractivity contribution in [3.63, 3.8) is 0 Å². The summed E-state index contributed by atoms with van der Waals surface area (Å²) >= 11 is 0. The van der Waals surface area contributed by atoms with Crippen LogP contribution in [0.3, 0.4) is 0 Å². The van der Waals surface area contributed by atoms with Crippen LogP contribution in [0.2, 0.25) is 0 Å². The number of ether oxygens (including phenoxy) is 2. The van der Waals surface area contributed by atoms with E-state index < -0.39 is 10.0 Å². The van der Waals surface area contributed by atoms with Gasteiger partial charge in [0.1, 0.15) is 11.5 Å². The van der Waals surface area contributed by atoms with Gasteiger partial charge >= 0.3 is 0 Å². The molecular formula is C23H30N2O5S. The van der Waals surface area contributed by atoms with Crippen molar-refractivity contribution in [3.05, 3.63) is 54.1 Å². The van der Waals surface area contributed by atoms with Crippen LogP contribution in [0.5, 0.6) is 11.5 Å². The van der Waals surface area contributed by atoms with E-state index in [2.05, 4.69) is 12.2 Å². The molecule has 0 aliphatic carbocycles. The molecule has 1 aliphatic heterocycles. The second-order valence-corrected chi connectivity index (χ2v) is 9.82. The van der Waals surface area contributed by atoms with Crippen LogP contribution in [0.1, 0.15) is 38.3 Å². The number of piperidine rings is 1. The molecule has 1 saturated heterocycles. The average Bonchev–Trinajstić information content (AvgIpc) is 2.78. The Bertz CT molecular complexity index is 983. The predicted molar refractivity (Wildman–Crippen MR) is 119 cm³/mol. The third-order valence-electron chi connectivity index (χ3n) is 5.56.